The first-order valence-electron chi connectivity index (χ1n) is 6.04. The Morgan fingerprint density at radius 1 is 1.19 bits per heavy atom. The highest BCUT2D eigenvalue weighted by molar-refractivity contribution is 5.54. The molecule has 3 nitrogen and oxygen atoms in total. The molecule has 16 heavy (non-hydrogen) atoms. The second kappa shape index (κ2) is 7.12. The Morgan fingerprint density at radius 3 is 2.38 bits per heavy atom. The molecule has 0 saturated carbocycles. The highest BCUT2D eigenvalue weighted by Gasteiger charge is 2.04. The number of nitrogens with two attached hydrogens (primary N) is 1. The van der Waals surface area contributed by atoms with Gasteiger partial charge < -0.3 is 16.0 Å². The van der Waals surface area contributed by atoms with Crippen molar-refractivity contribution < 1.29 is 0 Å². The molecule has 1 aromatic carbocycles. The Morgan fingerprint density at radius 2 is 1.88 bits per heavy atom. The van der Waals surface area contributed by atoms with Gasteiger partial charge in [0.05, 0.1) is 0 Å². The van der Waals surface area contributed by atoms with E-state index in [9.17, 15) is 0 Å². The second-order valence-corrected chi connectivity index (χ2v) is 3.93. The van der Waals surface area contributed by atoms with Crippen molar-refractivity contribution in [3.63, 3.8) is 0 Å². The summed E-state index contributed by atoms with van der Waals surface area (Å²) < 4.78 is 0. The molecule has 0 bridgehead atoms. The number of rotatable bonds is 7. The van der Waals surface area contributed by atoms with Gasteiger partial charge in [-0.1, -0.05) is 13.3 Å². The van der Waals surface area contributed by atoms with Crippen LogP contribution in [-0.2, 0) is 0 Å². The van der Waals surface area contributed by atoms with Crippen LogP contribution in [0.4, 0.5) is 11.4 Å². The minimum Gasteiger partial charge on any atom is -0.388 e. The van der Waals surface area contributed by atoms with Crippen molar-refractivity contribution in [1.29, 1.82) is 0 Å². The Hall–Kier alpha value is -1.22. The topological polar surface area (TPSA) is 41.3 Å². The van der Waals surface area contributed by atoms with Gasteiger partial charge in [0.2, 0.25) is 0 Å². The van der Waals surface area contributed by atoms with Crippen LogP contribution < -0.4 is 16.0 Å². The summed E-state index contributed by atoms with van der Waals surface area (Å²) in [5.74, 6) is 0. The van der Waals surface area contributed by atoms with E-state index in [2.05, 4.69) is 41.4 Å². The van der Waals surface area contributed by atoms with Crippen LogP contribution in [0.5, 0.6) is 0 Å². The molecular weight excluding hydrogens is 198 g/mol. The third-order valence-corrected chi connectivity index (χ3v) is 2.70. The third-order valence-electron chi connectivity index (χ3n) is 2.70. The van der Waals surface area contributed by atoms with Crippen LogP contribution in [-0.4, -0.2) is 26.7 Å². The zero-order valence-electron chi connectivity index (χ0n) is 10.4. The molecule has 3 N–H and O–H groups in total. The van der Waals surface area contributed by atoms with Gasteiger partial charge >= 0.3 is 0 Å². The van der Waals surface area contributed by atoms with Crippen LogP contribution in [0.25, 0.3) is 0 Å². The highest BCUT2D eigenvalue weighted by atomic mass is 15.1. The normalized spacial score (nSPS) is 10.2. The Labute approximate surface area is 98.6 Å². The van der Waals surface area contributed by atoms with Crippen LogP contribution in [0.15, 0.2) is 24.3 Å². The van der Waals surface area contributed by atoms with Crippen LogP contribution in [0.1, 0.15) is 19.8 Å². The van der Waals surface area contributed by atoms with E-state index in [1.54, 1.807) is 0 Å². The summed E-state index contributed by atoms with van der Waals surface area (Å²) in [6.45, 7) is 4.94. The van der Waals surface area contributed by atoms with Gasteiger partial charge in [0.25, 0.3) is 0 Å². The molecule has 90 valence electrons. The Kier molecular flexibility index (Phi) is 5.72. The van der Waals surface area contributed by atoms with Crippen molar-refractivity contribution in [2.75, 3.05) is 36.9 Å². The van der Waals surface area contributed by atoms with Crippen LogP contribution >= 0.6 is 0 Å². The number of hydrogen-bond acceptors (Lipinski definition) is 3. The minimum atomic E-state index is 0.706. The summed E-state index contributed by atoms with van der Waals surface area (Å²) in [7, 11) is 1.93. The molecule has 0 amide bonds. The van der Waals surface area contributed by atoms with Crippen molar-refractivity contribution in [3.8, 4) is 0 Å². The van der Waals surface area contributed by atoms with Gasteiger partial charge in [-0.3, -0.25) is 0 Å². The number of nitrogens with one attached hydrogen (secondary N) is 1. The SMILES string of the molecule is CCCCN(CCN)c1ccc(NC)cc1. The zero-order valence-corrected chi connectivity index (χ0v) is 10.4. The number of unbranched alkanes of at least 4 members (excludes halogenated alkanes) is 1. The van der Waals surface area contributed by atoms with Gasteiger partial charge in [-0.15, -0.1) is 0 Å². The summed E-state index contributed by atoms with van der Waals surface area (Å²) in [6, 6.07) is 8.50. The molecule has 0 radical (unpaired) electrons. The third kappa shape index (κ3) is 3.74. The largest absolute Gasteiger partial charge is 0.388 e. The first kappa shape index (κ1) is 12.8. The maximum absolute atomic E-state index is 5.64. The lowest BCUT2D eigenvalue weighted by molar-refractivity contribution is 0.716. The fraction of sp³-hybridized carbons (Fsp3) is 0.538. The lowest BCUT2D eigenvalue weighted by Crippen LogP contribution is -2.30. The zero-order chi connectivity index (χ0) is 11.8. The average molecular weight is 221 g/mol. The predicted octanol–water partition coefficient (Wildman–Crippen LogP) is 2.29. The van der Waals surface area contributed by atoms with Crippen LogP contribution in [0.2, 0.25) is 0 Å². The van der Waals surface area contributed by atoms with E-state index in [1.807, 2.05) is 7.05 Å². The molecule has 0 unspecified atom stereocenters. The molecule has 0 atom stereocenters. The quantitative estimate of drug-likeness (QED) is 0.742. The Bertz CT molecular complexity index is 282. The number of benzene rings is 1. The van der Waals surface area contributed by atoms with Crippen molar-refractivity contribution in [1.82, 2.24) is 0 Å². The van der Waals surface area contributed by atoms with Gasteiger partial charge in [-0.2, -0.15) is 0 Å². The first-order valence-corrected chi connectivity index (χ1v) is 6.04. The molecule has 0 fully saturated rings. The van der Waals surface area contributed by atoms with E-state index in [0.717, 1.165) is 18.8 Å². The highest BCUT2D eigenvalue weighted by Crippen LogP contribution is 2.17. The first-order chi connectivity index (χ1) is 7.81. The molecule has 0 saturated heterocycles. The molecule has 1 rings (SSSR count). The van der Waals surface area contributed by atoms with E-state index >= 15 is 0 Å². The summed E-state index contributed by atoms with van der Waals surface area (Å²) >= 11 is 0. The van der Waals surface area contributed by atoms with Crippen LogP contribution in [0, 0.1) is 0 Å². The van der Waals surface area contributed by atoms with Gasteiger partial charge in [-0.25, -0.2) is 0 Å². The molecule has 0 aliphatic carbocycles. The summed E-state index contributed by atoms with van der Waals surface area (Å²) in [5.41, 5.74) is 8.05. The number of hydrogen-bond donors (Lipinski definition) is 2. The van der Waals surface area contributed by atoms with E-state index in [0.29, 0.717) is 6.54 Å². The van der Waals surface area contributed by atoms with E-state index < -0.39 is 0 Å². The average Bonchev–Trinajstić information content (AvgIpc) is 2.35. The molecule has 0 aliphatic rings. The molecule has 0 aliphatic heterocycles. The van der Waals surface area contributed by atoms with Crippen molar-refractivity contribution in [3.05, 3.63) is 24.3 Å². The van der Waals surface area contributed by atoms with Gasteiger partial charge in [-0.05, 0) is 30.7 Å². The smallest absolute Gasteiger partial charge is 0.0368 e. The maximum Gasteiger partial charge on any atom is 0.0368 e. The van der Waals surface area contributed by atoms with Gasteiger partial charge in [0.1, 0.15) is 0 Å². The molecule has 0 aromatic heterocycles. The summed E-state index contributed by atoms with van der Waals surface area (Å²) in [5, 5.41) is 3.13. The number of anilines is 2. The molecular formula is C13H23N3. The summed E-state index contributed by atoms with van der Waals surface area (Å²) in [6.07, 6.45) is 2.43. The predicted molar refractivity (Wildman–Crippen MR) is 72.2 cm³/mol. The van der Waals surface area contributed by atoms with Gasteiger partial charge in [0, 0.05) is 38.1 Å². The molecule has 1 aromatic rings. The van der Waals surface area contributed by atoms with Crippen LogP contribution in [0.3, 0.4) is 0 Å². The number of nitrogens with zero attached hydrogens (tertiary/aromatic N) is 1. The Balaban J connectivity index is 2.67. The van der Waals surface area contributed by atoms with Crippen molar-refractivity contribution in [2.45, 2.75) is 19.8 Å². The summed E-state index contributed by atoms with van der Waals surface area (Å²) in [4.78, 5) is 2.35. The van der Waals surface area contributed by atoms with Crippen molar-refractivity contribution in [2.24, 2.45) is 5.73 Å². The second-order valence-electron chi connectivity index (χ2n) is 3.93. The van der Waals surface area contributed by atoms with Gasteiger partial charge in [0.15, 0.2) is 0 Å². The standard InChI is InChI=1S/C13H23N3/c1-3-4-10-16(11-9-14)13-7-5-12(15-2)6-8-13/h5-8,15H,3-4,9-11,14H2,1-2H3. The maximum atomic E-state index is 5.64. The monoisotopic (exact) mass is 221 g/mol. The lowest BCUT2D eigenvalue weighted by atomic mass is 10.2. The minimum absolute atomic E-state index is 0.706. The van der Waals surface area contributed by atoms with E-state index in [1.165, 1.54) is 18.5 Å². The molecule has 0 heterocycles. The molecule has 0 spiro atoms. The fourth-order valence-electron chi connectivity index (χ4n) is 1.71. The van der Waals surface area contributed by atoms with Crippen molar-refractivity contribution >= 4 is 11.4 Å². The molecule has 3 heteroatoms. The fourth-order valence-corrected chi connectivity index (χ4v) is 1.71. The lowest BCUT2D eigenvalue weighted by Gasteiger charge is -2.24. The van der Waals surface area contributed by atoms with E-state index in [-0.39, 0.29) is 0 Å². The van der Waals surface area contributed by atoms with E-state index in [4.69, 9.17) is 5.73 Å².